The lowest BCUT2D eigenvalue weighted by atomic mass is 10.2. The maximum atomic E-state index is 13.9. The number of aromatic carboxylic acids is 1. The highest BCUT2D eigenvalue weighted by molar-refractivity contribution is 7.56. The van der Waals surface area contributed by atoms with Gasteiger partial charge in [0, 0.05) is 4.70 Å². The van der Waals surface area contributed by atoms with E-state index < -0.39 is 25.5 Å². The van der Waals surface area contributed by atoms with E-state index in [4.69, 9.17) is 20.9 Å². The zero-order valence-corrected chi connectivity index (χ0v) is 20.2. The van der Waals surface area contributed by atoms with Gasteiger partial charge < -0.3 is 14.4 Å². The van der Waals surface area contributed by atoms with E-state index in [2.05, 4.69) is 5.09 Å². The highest BCUT2D eigenvalue weighted by Gasteiger charge is 2.32. The van der Waals surface area contributed by atoms with Crippen LogP contribution in [0, 0.1) is 0 Å². The first kappa shape index (κ1) is 24.3. The van der Waals surface area contributed by atoms with Gasteiger partial charge in [0.1, 0.15) is 16.7 Å². The van der Waals surface area contributed by atoms with E-state index in [1.165, 1.54) is 0 Å². The zero-order valence-electron chi connectivity index (χ0n) is 17.7. The van der Waals surface area contributed by atoms with Gasteiger partial charge in [-0.1, -0.05) is 29.8 Å². The smallest absolute Gasteiger partial charge is 0.345 e. The van der Waals surface area contributed by atoms with Gasteiger partial charge in [0.15, 0.2) is 0 Å². The van der Waals surface area contributed by atoms with Gasteiger partial charge in [-0.15, -0.1) is 11.3 Å². The molecule has 0 saturated heterocycles. The number of carboxylic acids is 1. The first-order valence-electron chi connectivity index (χ1n) is 9.83. The average molecular weight is 496 g/mol. The Labute approximate surface area is 194 Å². The van der Waals surface area contributed by atoms with Crippen LogP contribution in [-0.4, -0.2) is 29.2 Å². The normalized spacial score (nSPS) is 14.2. The highest BCUT2D eigenvalue weighted by Crippen LogP contribution is 2.49. The van der Waals surface area contributed by atoms with Crippen LogP contribution in [0.2, 0.25) is 5.02 Å². The quantitative estimate of drug-likeness (QED) is 0.279. The summed E-state index contributed by atoms with van der Waals surface area (Å²) in [4.78, 5) is 23.8. The Morgan fingerprint density at radius 1 is 1.16 bits per heavy atom. The standard InChI is InChI=1S/C22H23ClNO6PS/c1-13(2)29-22(27)14(3)24-31(28,30-18-7-5-4-6-17(18)23)12-15-8-9-19-16(10-15)11-20(32-19)21(25)26/h4-11,13-14H,12H2,1-3H3,(H,24,28)(H,25,26)/t14-,31?/m0/s1. The number of thiophene rings is 1. The van der Waals surface area contributed by atoms with Gasteiger partial charge >= 0.3 is 19.5 Å². The number of para-hydroxylation sites is 1. The third-order valence-corrected chi connectivity index (χ3v) is 7.83. The number of nitrogens with one attached hydrogen (secondary N) is 1. The molecule has 10 heteroatoms. The lowest BCUT2D eigenvalue weighted by molar-refractivity contribution is -0.149. The molecule has 0 fully saturated rings. The number of hydrogen-bond acceptors (Lipinski definition) is 6. The molecule has 0 saturated carbocycles. The number of carbonyl (C=O) groups is 2. The first-order valence-corrected chi connectivity index (χ1v) is 12.8. The Morgan fingerprint density at radius 2 is 1.88 bits per heavy atom. The first-order chi connectivity index (χ1) is 15.1. The van der Waals surface area contributed by atoms with E-state index in [1.54, 1.807) is 69.3 Å². The van der Waals surface area contributed by atoms with Gasteiger partial charge in [-0.3, -0.25) is 9.36 Å². The number of rotatable bonds is 9. The van der Waals surface area contributed by atoms with Gasteiger partial charge in [0.05, 0.1) is 17.3 Å². The van der Waals surface area contributed by atoms with Crippen molar-refractivity contribution in [3.63, 3.8) is 0 Å². The molecule has 3 aromatic rings. The van der Waals surface area contributed by atoms with Gasteiger partial charge in [-0.05, 0) is 62.1 Å². The van der Waals surface area contributed by atoms with Crippen molar-refractivity contribution in [2.75, 3.05) is 0 Å². The summed E-state index contributed by atoms with van der Waals surface area (Å²) in [7, 11) is -3.68. The Morgan fingerprint density at radius 3 is 2.53 bits per heavy atom. The van der Waals surface area contributed by atoms with E-state index in [-0.39, 0.29) is 27.9 Å². The maximum Gasteiger partial charge on any atom is 0.345 e. The molecular weight excluding hydrogens is 473 g/mol. The summed E-state index contributed by atoms with van der Waals surface area (Å²) in [6, 6.07) is 12.6. The number of benzene rings is 2. The number of halogens is 1. The minimum atomic E-state index is -3.68. The molecule has 32 heavy (non-hydrogen) atoms. The van der Waals surface area contributed by atoms with Crippen molar-refractivity contribution in [2.45, 2.75) is 39.1 Å². The molecule has 2 aromatic carbocycles. The van der Waals surface area contributed by atoms with Crippen molar-refractivity contribution in [3.8, 4) is 5.75 Å². The second kappa shape index (κ2) is 10.0. The molecule has 0 spiro atoms. The molecule has 2 N–H and O–H groups in total. The molecule has 0 aliphatic heterocycles. The fraction of sp³-hybridized carbons (Fsp3) is 0.273. The van der Waals surface area contributed by atoms with Crippen molar-refractivity contribution in [1.82, 2.24) is 5.09 Å². The molecule has 7 nitrogen and oxygen atoms in total. The van der Waals surface area contributed by atoms with Crippen LogP contribution in [0.3, 0.4) is 0 Å². The van der Waals surface area contributed by atoms with E-state index in [1.807, 2.05) is 0 Å². The second-order valence-electron chi connectivity index (χ2n) is 7.48. The summed E-state index contributed by atoms with van der Waals surface area (Å²) in [5, 5.41) is 13.0. The lowest BCUT2D eigenvalue weighted by Gasteiger charge is -2.24. The molecule has 1 unspecified atom stereocenters. The topological polar surface area (TPSA) is 102 Å². The highest BCUT2D eigenvalue weighted by atomic mass is 35.5. The molecule has 0 radical (unpaired) electrons. The summed E-state index contributed by atoms with van der Waals surface area (Å²) < 4.78 is 25.7. The summed E-state index contributed by atoms with van der Waals surface area (Å²) >= 11 is 7.35. The fourth-order valence-corrected chi connectivity index (χ4v) is 6.17. The second-order valence-corrected chi connectivity index (χ2v) is 11.1. The molecule has 2 atom stereocenters. The van der Waals surface area contributed by atoms with Crippen LogP contribution >= 0.6 is 30.5 Å². The summed E-state index contributed by atoms with van der Waals surface area (Å²) in [6.45, 7) is 5.01. The van der Waals surface area contributed by atoms with E-state index in [0.717, 1.165) is 21.4 Å². The third-order valence-electron chi connectivity index (χ3n) is 4.36. The molecule has 0 aliphatic rings. The molecule has 0 amide bonds. The number of carboxylic acid groups (broad SMARTS) is 1. The predicted molar refractivity (Wildman–Crippen MR) is 126 cm³/mol. The number of fused-ring (bicyclic) bond motifs is 1. The molecule has 170 valence electrons. The van der Waals surface area contributed by atoms with Gasteiger partial charge in [-0.25, -0.2) is 9.88 Å². The van der Waals surface area contributed by atoms with Crippen LogP contribution in [0.4, 0.5) is 0 Å². The summed E-state index contributed by atoms with van der Waals surface area (Å²) in [5.41, 5.74) is 0.652. The Bertz CT molecular complexity index is 1190. The van der Waals surface area contributed by atoms with Crippen molar-refractivity contribution in [2.24, 2.45) is 0 Å². The van der Waals surface area contributed by atoms with Gasteiger partial charge in [0.2, 0.25) is 0 Å². The van der Waals surface area contributed by atoms with Crippen LogP contribution in [0.1, 0.15) is 36.0 Å². The van der Waals surface area contributed by atoms with Crippen LogP contribution in [0.25, 0.3) is 10.1 Å². The summed E-state index contributed by atoms with van der Waals surface area (Å²) in [6.07, 6.45) is -0.369. The zero-order chi connectivity index (χ0) is 23.5. The number of esters is 1. The van der Waals surface area contributed by atoms with Crippen LogP contribution < -0.4 is 9.61 Å². The Hall–Kier alpha value is -2.38. The number of carbonyl (C=O) groups excluding carboxylic acids is 1. The molecule has 0 aliphatic carbocycles. The molecule has 3 rings (SSSR count). The average Bonchev–Trinajstić information content (AvgIpc) is 3.13. The Balaban J connectivity index is 1.91. The Kier molecular flexibility index (Phi) is 7.62. The molecule has 0 bridgehead atoms. The largest absolute Gasteiger partial charge is 0.477 e. The van der Waals surface area contributed by atoms with Gasteiger partial charge in [0.25, 0.3) is 0 Å². The van der Waals surface area contributed by atoms with Gasteiger partial charge in [-0.2, -0.15) is 0 Å². The van der Waals surface area contributed by atoms with E-state index in [9.17, 15) is 19.3 Å². The number of hydrogen-bond donors (Lipinski definition) is 2. The van der Waals surface area contributed by atoms with Crippen molar-refractivity contribution >= 4 is 52.5 Å². The van der Waals surface area contributed by atoms with Crippen molar-refractivity contribution in [1.29, 1.82) is 0 Å². The van der Waals surface area contributed by atoms with E-state index in [0.29, 0.717) is 5.56 Å². The van der Waals surface area contributed by atoms with Crippen LogP contribution in [0.15, 0.2) is 48.5 Å². The van der Waals surface area contributed by atoms with Crippen LogP contribution in [-0.2, 0) is 20.3 Å². The fourth-order valence-electron chi connectivity index (χ4n) is 3.00. The molecular formula is C22H23ClNO6PS. The summed E-state index contributed by atoms with van der Waals surface area (Å²) in [5.74, 6) is -1.33. The van der Waals surface area contributed by atoms with Crippen molar-refractivity contribution < 1.29 is 28.5 Å². The minimum absolute atomic E-state index is 0.0499. The number of ether oxygens (including phenoxy) is 1. The van der Waals surface area contributed by atoms with E-state index >= 15 is 0 Å². The predicted octanol–water partition coefficient (Wildman–Crippen LogP) is 5.95. The molecule has 1 heterocycles. The van der Waals surface area contributed by atoms with Crippen LogP contribution in [0.5, 0.6) is 5.75 Å². The SMILES string of the molecule is CC(C)OC(=O)[C@H](C)NP(=O)(Cc1ccc2sc(C(=O)O)cc2c1)Oc1ccccc1Cl. The van der Waals surface area contributed by atoms with Crippen molar-refractivity contribution in [3.05, 3.63) is 64.0 Å². The third kappa shape index (κ3) is 6.11. The maximum absolute atomic E-state index is 13.9. The molecule has 1 aromatic heterocycles. The minimum Gasteiger partial charge on any atom is -0.477 e. The lowest BCUT2D eigenvalue weighted by Crippen LogP contribution is -2.36. The monoisotopic (exact) mass is 495 g/mol.